The van der Waals surface area contributed by atoms with Crippen LogP contribution in [0.3, 0.4) is 0 Å². The van der Waals surface area contributed by atoms with Crippen molar-refractivity contribution in [3.05, 3.63) is 69.5 Å². The monoisotopic (exact) mass is 432 g/mol. The van der Waals surface area contributed by atoms with Crippen molar-refractivity contribution in [2.45, 2.75) is 16.5 Å². The quantitative estimate of drug-likeness (QED) is 0.275. The van der Waals surface area contributed by atoms with Crippen LogP contribution in [0.5, 0.6) is 0 Å². The van der Waals surface area contributed by atoms with Gasteiger partial charge in [0.05, 0.1) is 10.9 Å². The van der Waals surface area contributed by atoms with Gasteiger partial charge < -0.3 is 4.42 Å². The highest BCUT2D eigenvalue weighted by Crippen LogP contribution is 2.37. The van der Waals surface area contributed by atoms with Crippen LogP contribution in [-0.4, -0.2) is 20.0 Å². The predicted octanol–water partition coefficient (Wildman–Crippen LogP) is 6.22. The zero-order chi connectivity index (χ0) is 18.8. The SMILES string of the molecule is CC(Sc1nn(-c2ccc(Cl)cc2)c(=S)s1)c1nnc(-c2ccccc2)o1. The molecular formula is C18H13ClN4OS3. The first-order valence-corrected chi connectivity index (χ1v) is 10.5. The molecule has 0 spiro atoms. The maximum atomic E-state index is 5.95. The van der Waals surface area contributed by atoms with Gasteiger partial charge in [0.1, 0.15) is 0 Å². The summed E-state index contributed by atoms with van der Waals surface area (Å²) in [5.74, 6) is 1.07. The molecule has 2 aromatic carbocycles. The Balaban J connectivity index is 1.53. The van der Waals surface area contributed by atoms with E-state index in [1.807, 2.05) is 61.5 Å². The molecule has 0 aliphatic heterocycles. The standard InChI is InChI=1S/C18H13ClN4OS3/c1-11(15-20-21-16(24-15)12-5-3-2-4-6-12)26-17-22-23(18(25)27-17)14-9-7-13(19)8-10-14/h2-11H,1H3. The van der Waals surface area contributed by atoms with Gasteiger partial charge in [-0.2, -0.15) is 0 Å². The molecule has 27 heavy (non-hydrogen) atoms. The number of aromatic nitrogens is 4. The van der Waals surface area contributed by atoms with Crippen molar-refractivity contribution in [2.75, 3.05) is 0 Å². The fourth-order valence-electron chi connectivity index (χ4n) is 2.35. The highest BCUT2D eigenvalue weighted by molar-refractivity contribution is 8.01. The summed E-state index contributed by atoms with van der Waals surface area (Å²) in [4.78, 5) is 0. The van der Waals surface area contributed by atoms with Gasteiger partial charge in [0.25, 0.3) is 0 Å². The summed E-state index contributed by atoms with van der Waals surface area (Å²) in [5, 5.41) is 13.5. The van der Waals surface area contributed by atoms with E-state index in [4.69, 9.17) is 28.2 Å². The summed E-state index contributed by atoms with van der Waals surface area (Å²) in [6.07, 6.45) is 0. The number of benzene rings is 2. The molecule has 4 rings (SSSR count). The Bertz CT molecular complexity index is 1110. The molecular weight excluding hydrogens is 420 g/mol. The van der Waals surface area contributed by atoms with Crippen molar-refractivity contribution in [1.82, 2.24) is 20.0 Å². The van der Waals surface area contributed by atoms with Crippen molar-refractivity contribution >= 4 is 46.9 Å². The fraction of sp³-hybridized carbons (Fsp3) is 0.111. The summed E-state index contributed by atoms with van der Waals surface area (Å²) in [6, 6.07) is 17.1. The van der Waals surface area contributed by atoms with E-state index in [-0.39, 0.29) is 5.25 Å². The molecule has 1 atom stereocenters. The number of rotatable bonds is 5. The van der Waals surface area contributed by atoms with E-state index in [0.29, 0.717) is 20.8 Å². The zero-order valence-electron chi connectivity index (χ0n) is 14.1. The van der Waals surface area contributed by atoms with E-state index < -0.39 is 0 Å². The summed E-state index contributed by atoms with van der Waals surface area (Å²) in [7, 11) is 0. The van der Waals surface area contributed by atoms with Gasteiger partial charge in [-0.25, -0.2) is 4.68 Å². The van der Waals surface area contributed by atoms with Crippen LogP contribution >= 0.6 is 46.9 Å². The normalized spacial score (nSPS) is 12.2. The first-order valence-electron chi connectivity index (χ1n) is 8.02. The topological polar surface area (TPSA) is 56.7 Å². The van der Waals surface area contributed by atoms with Gasteiger partial charge >= 0.3 is 0 Å². The Labute approximate surface area is 174 Å². The third kappa shape index (κ3) is 4.14. The summed E-state index contributed by atoms with van der Waals surface area (Å²) >= 11 is 14.4. The number of thioether (sulfide) groups is 1. The second-order valence-electron chi connectivity index (χ2n) is 5.59. The highest BCUT2D eigenvalue weighted by Gasteiger charge is 2.18. The van der Waals surface area contributed by atoms with Crippen LogP contribution in [0, 0.1) is 3.95 Å². The molecule has 0 bridgehead atoms. The second kappa shape index (κ2) is 7.93. The molecule has 0 amide bonds. The largest absolute Gasteiger partial charge is 0.419 e. The average molecular weight is 433 g/mol. The van der Waals surface area contributed by atoms with Gasteiger partial charge in [0, 0.05) is 10.6 Å². The molecule has 0 saturated heterocycles. The first kappa shape index (κ1) is 18.4. The van der Waals surface area contributed by atoms with Crippen LogP contribution in [0.1, 0.15) is 18.1 Å². The summed E-state index contributed by atoms with van der Waals surface area (Å²) < 4.78 is 9.06. The first-order chi connectivity index (χ1) is 13.1. The second-order valence-corrected chi connectivity index (χ2v) is 9.24. The van der Waals surface area contributed by atoms with Crippen molar-refractivity contribution in [3.8, 4) is 17.1 Å². The van der Waals surface area contributed by atoms with E-state index in [1.165, 1.54) is 23.1 Å². The van der Waals surface area contributed by atoms with Gasteiger partial charge in [0.2, 0.25) is 11.8 Å². The Morgan fingerprint density at radius 2 is 1.85 bits per heavy atom. The molecule has 2 aromatic heterocycles. The molecule has 0 aliphatic rings. The maximum absolute atomic E-state index is 5.95. The van der Waals surface area contributed by atoms with Crippen LogP contribution in [0.2, 0.25) is 5.02 Å². The summed E-state index contributed by atoms with van der Waals surface area (Å²) in [5.41, 5.74) is 1.78. The van der Waals surface area contributed by atoms with Crippen molar-refractivity contribution < 1.29 is 4.42 Å². The Morgan fingerprint density at radius 3 is 2.59 bits per heavy atom. The van der Waals surface area contributed by atoms with E-state index >= 15 is 0 Å². The molecule has 0 N–H and O–H groups in total. The van der Waals surface area contributed by atoms with Crippen molar-refractivity contribution in [3.63, 3.8) is 0 Å². The van der Waals surface area contributed by atoms with Gasteiger partial charge in [-0.1, -0.05) is 52.9 Å². The minimum atomic E-state index is -0.0471. The molecule has 0 saturated carbocycles. The highest BCUT2D eigenvalue weighted by atomic mass is 35.5. The minimum absolute atomic E-state index is 0.0471. The van der Waals surface area contributed by atoms with Gasteiger partial charge in [-0.05, 0) is 55.5 Å². The number of halogens is 1. The van der Waals surface area contributed by atoms with Crippen LogP contribution in [-0.2, 0) is 0 Å². The van der Waals surface area contributed by atoms with E-state index in [9.17, 15) is 0 Å². The maximum Gasteiger partial charge on any atom is 0.247 e. The number of nitrogens with zero attached hydrogens (tertiary/aromatic N) is 4. The molecule has 0 fully saturated rings. The lowest BCUT2D eigenvalue weighted by Crippen LogP contribution is -1.96. The zero-order valence-corrected chi connectivity index (χ0v) is 17.3. The number of hydrogen-bond acceptors (Lipinski definition) is 7. The molecule has 4 aromatic rings. The lowest BCUT2D eigenvalue weighted by molar-refractivity contribution is 0.509. The molecule has 5 nitrogen and oxygen atoms in total. The Kier molecular flexibility index (Phi) is 5.40. The number of hydrogen-bond donors (Lipinski definition) is 0. The fourth-order valence-corrected chi connectivity index (χ4v) is 5.01. The summed E-state index contributed by atoms with van der Waals surface area (Å²) in [6.45, 7) is 2.00. The van der Waals surface area contributed by atoms with Crippen LogP contribution in [0.25, 0.3) is 17.1 Å². The van der Waals surface area contributed by atoms with Crippen LogP contribution in [0.4, 0.5) is 0 Å². The molecule has 9 heteroatoms. The smallest absolute Gasteiger partial charge is 0.247 e. The molecule has 136 valence electrons. The lowest BCUT2D eigenvalue weighted by atomic mass is 10.2. The average Bonchev–Trinajstić information content (AvgIpc) is 3.30. The third-order valence-electron chi connectivity index (χ3n) is 3.69. The van der Waals surface area contributed by atoms with Crippen LogP contribution in [0.15, 0.2) is 63.4 Å². The van der Waals surface area contributed by atoms with Crippen molar-refractivity contribution in [1.29, 1.82) is 0 Å². The predicted molar refractivity (Wildman–Crippen MR) is 111 cm³/mol. The molecule has 0 radical (unpaired) electrons. The van der Waals surface area contributed by atoms with Gasteiger partial charge in [0.15, 0.2) is 8.29 Å². The molecule has 2 heterocycles. The van der Waals surface area contributed by atoms with Crippen molar-refractivity contribution in [2.24, 2.45) is 0 Å². The lowest BCUT2D eigenvalue weighted by Gasteiger charge is -2.03. The minimum Gasteiger partial charge on any atom is -0.419 e. The molecule has 0 aliphatic carbocycles. The Morgan fingerprint density at radius 1 is 1.11 bits per heavy atom. The van der Waals surface area contributed by atoms with Crippen LogP contribution < -0.4 is 0 Å². The van der Waals surface area contributed by atoms with E-state index in [1.54, 1.807) is 4.68 Å². The molecule has 1 unspecified atom stereocenters. The Hall–Kier alpha value is -2.00. The third-order valence-corrected chi connectivity index (χ3v) is 6.34. The van der Waals surface area contributed by atoms with Gasteiger partial charge in [-0.3, -0.25) is 0 Å². The van der Waals surface area contributed by atoms with Gasteiger partial charge in [-0.15, -0.1) is 15.3 Å². The van der Waals surface area contributed by atoms with E-state index in [2.05, 4.69) is 15.3 Å². The van der Waals surface area contributed by atoms with E-state index in [0.717, 1.165) is 15.6 Å².